The molecule has 1 rings (SSSR count). The van der Waals surface area contributed by atoms with E-state index >= 15 is 0 Å². The van der Waals surface area contributed by atoms with Crippen LogP contribution in [0.1, 0.15) is 34.1 Å². The molecule has 2 N–H and O–H groups in total. The van der Waals surface area contributed by atoms with Crippen LogP contribution in [0.3, 0.4) is 0 Å². The van der Waals surface area contributed by atoms with Crippen LogP contribution < -0.4 is 15.4 Å². The highest BCUT2D eigenvalue weighted by Gasteiger charge is 2.36. The number of halogens is 1. The molecule has 22 heavy (non-hydrogen) atoms. The Bertz CT molecular complexity index is 558. The Morgan fingerprint density at radius 2 is 1.95 bits per heavy atom. The lowest BCUT2D eigenvalue weighted by Crippen LogP contribution is -2.47. The first-order valence-electron chi connectivity index (χ1n) is 7.18. The van der Waals surface area contributed by atoms with Crippen LogP contribution in [-0.2, 0) is 9.59 Å². The average Bonchev–Trinajstić information content (AvgIpc) is 2.47. The molecular weight excluding hydrogens is 304 g/mol. The smallest absolute Gasteiger partial charge is 0.239 e. The van der Waals surface area contributed by atoms with Crippen molar-refractivity contribution >= 4 is 29.1 Å². The first kappa shape index (κ1) is 18.3. The third kappa shape index (κ3) is 4.37. The SMILES string of the molecule is CCC(C)NC(=O)C(C)(C)C(=O)Nc1ccc(OC)c(Cl)c1. The minimum atomic E-state index is -1.18. The number of carbonyl (C=O) groups excluding carboxylic acids is 2. The van der Waals surface area contributed by atoms with Crippen LogP contribution in [0.25, 0.3) is 0 Å². The fraction of sp³-hybridized carbons (Fsp3) is 0.500. The zero-order chi connectivity index (χ0) is 16.9. The summed E-state index contributed by atoms with van der Waals surface area (Å²) in [4.78, 5) is 24.6. The van der Waals surface area contributed by atoms with Crippen molar-refractivity contribution in [1.82, 2.24) is 5.32 Å². The van der Waals surface area contributed by atoms with E-state index in [2.05, 4.69) is 10.6 Å². The van der Waals surface area contributed by atoms with Gasteiger partial charge in [-0.1, -0.05) is 18.5 Å². The number of amides is 2. The molecular formula is C16H23ClN2O3. The first-order valence-corrected chi connectivity index (χ1v) is 7.56. The lowest BCUT2D eigenvalue weighted by atomic mass is 9.90. The second-order valence-electron chi connectivity index (χ2n) is 5.71. The fourth-order valence-corrected chi connectivity index (χ4v) is 1.90. The quantitative estimate of drug-likeness (QED) is 0.789. The summed E-state index contributed by atoms with van der Waals surface area (Å²) >= 11 is 6.02. The molecule has 1 aromatic carbocycles. The molecule has 1 aromatic rings. The van der Waals surface area contributed by atoms with Crippen molar-refractivity contribution in [3.05, 3.63) is 23.2 Å². The molecule has 0 bridgehead atoms. The molecule has 0 aromatic heterocycles. The molecule has 0 aliphatic heterocycles. The Balaban J connectivity index is 2.82. The fourth-order valence-electron chi connectivity index (χ4n) is 1.64. The summed E-state index contributed by atoms with van der Waals surface area (Å²) in [5.74, 6) is -0.179. The molecule has 5 nitrogen and oxygen atoms in total. The summed E-state index contributed by atoms with van der Waals surface area (Å²) in [6.45, 7) is 7.04. The van der Waals surface area contributed by atoms with Gasteiger partial charge < -0.3 is 15.4 Å². The van der Waals surface area contributed by atoms with Gasteiger partial charge in [-0.15, -0.1) is 0 Å². The van der Waals surface area contributed by atoms with E-state index in [4.69, 9.17) is 16.3 Å². The molecule has 2 amide bonds. The Hall–Kier alpha value is -1.75. The van der Waals surface area contributed by atoms with Crippen molar-refractivity contribution in [2.24, 2.45) is 5.41 Å². The average molecular weight is 327 g/mol. The summed E-state index contributed by atoms with van der Waals surface area (Å²) in [5, 5.41) is 5.92. The minimum absolute atomic E-state index is 0.0232. The maximum absolute atomic E-state index is 12.4. The number of hydrogen-bond acceptors (Lipinski definition) is 3. The van der Waals surface area contributed by atoms with E-state index < -0.39 is 11.3 Å². The lowest BCUT2D eigenvalue weighted by molar-refractivity contribution is -0.138. The molecule has 6 heteroatoms. The van der Waals surface area contributed by atoms with Gasteiger partial charge in [0.25, 0.3) is 0 Å². The number of ether oxygens (including phenoxy) is 1. The number of hydrogen-bond donors (Lipinski definition) is 2. The van der Waals surface area contributed by atoms with E-state index in [0.29, 0.717) is 16.5 Å². The normalized spacial score (nSPS) is 12.5. The maximum atomic E-state index is 12.4. The minimum Gasteiger partial charge on any atom is -0.495 e. The van der Waals surface area contributed by atoms with Crippen LogP contribution in [0.15, 0.2) is 18.2 Å². The van der Waals surface area contributed by atoms with Gasteiger partial charge in [-0.05, 0) is 45.4 Å². The van der Waals surface area contributed by atoms with Gasteiger partial charge in [0.2, 0.25) is 11.8 Å². The van der Waals surface area contributed by atoms with Crippen LogP contribution in [0.4, 0.5) is 5.69 Å². The number of carbonyl (C=O) groups is 2. The predicted octanol–water partition coefficient (Wildman–Crippen LogP) is 3.23. The highest BCUT2D eigenvalue weighted by molar-refractivity contribution is 6.32. The highest BCUT2D eigenvalue weighted by Crippen LogP contribution is 2.28. The van der Waals surface area contributed by atoms with Crippen LogP contribution >= 0.6 is 11.6 Å². The summed E-state index contributed by atoms with van der Waals surface area (Å²) in [7, 11) is 1.52. The molecule has 0 saturated heterocycles. The topological polar surface area (TPSA) is 67.4 Å². The van der Waals surface area contributed by atoms with Crippen molar-refractivity contribution in [2.45, 2.75) is 40.2 Å². The maximum Gasteiger partial charge on any atom is 0.239 e. The third-order valence-electron chi connectivity index (χ3n) is 3.53. The molecule has 0 fully saturated rings. The molecule has 122 valence electrons. The molecule has 1 atom stereocenters. The second-order valence-corrected chi connectivity index (χ2v) is 6.12. The monoisotopic (exact) mass is 326 g/mol. The lowest BCUT2D eigenvalue weighted by Gasteiger charge is -2.24. The van der Waals surface area contributed by atoms with Crippen molar-refractivity contribution in [1.29, 1.82) is 0 Å². The zero-order valence-corrected chi connectivity index (χ0v) is 14.4. The van der Waals surface area contributed by atoms with Gasteiger partial charge in [-0.3, -0.25) is 9.59 Å². The van der Waals surface area contributed by atoms with Gasteiger partial charge in [0.15, 0.2) is 0 Å². The van der Waals surface area contributed by atoms with Gasteiger partial charge in [0, 0.05) is 11.7 Å². The van der Waals surface area contributed by atoms with Crippen molar-refractivity contribution in [3.8, 4) is 5.75 Å². The van der Waals surface area contributed by atoms with Gasteiger partial charge in [0.1, 0.15) is 11.2 Å². The van der Waals surface area contributed by atoms with Gasteiger partial charge >= 0.3 is 0 Å². The zero-order valence-electron chi connectivity index (χ0n) is 13.6. The number of nitrogens with one attached hydrogen (secondary N) is 2. The largest absolute Gasteiger partial charge is 0.495 e. The van der Waals surface area contributed by atoms with E-state index in [1.807, 2.05) is 13.8 Å². The van der Waals surface area contributed by atoms with Gasteiger partial charge in [0.05, 0.1) is 12.1 Å². The summed E-state index contributed by atoms with van der Waals surface area (Å²) in [6.07, 6.45) is 0.803. The number of benzene rings is 1. The summed E-state index contributed by atoms with van der Waals surface area (Å²) in [6, 6.07) is 4.94. The highest BCUT2D eigenvalue weighted by atomic mass is 35.5. The van der Waals surface area contributed by atoms with E-state index in [-0.39, 0.29) is 11.9 Å². The molecule has 0 spiro atoms. The molecule has 0 heterocycles. The van der Waals surface area contributed by atoms with Crippen molar-refractivity contribution in [3.63, 3.8) is 0 Å². The van der Waals surface area contributed by atoms with Crippen LogP contribution in [0.5, 0.6) is 5.75 Å². The summed E-state index contributed by atoms with van der Waals surface area (Å²) in [5.41, 5.74) is -0.671. The molecule has 1 unspecified atom stereocenters. The number of methoxy groups -OCH3 is 1. The third-order valence-corrected chi connectivity index (χ3v) is 3.83. The predicted molar refractivity (Wildman–Crippen MR) is 88.3 cm³/mol. The summed E-state index contributed by atoms with van der Waals surface area (Å²) < 4.78 is 5.06. The van der Waals surface area contributed by atoms with Gasteiger partial charge in [-0.2, -0.15) is 0 Å². The second kappa shape index (κ2) is 7.49. The molecule has 0 aliphatic carbocycles. The van der Waals surface area contributed by atoms with Crippen LogP contribution in [0.2, 0.25) is 5.02 Å². The van der Waals surface area contributed by atoms with Crippen molar-refractivity contribution in [2.75, 3.05) is 12.4 Å². The first-order chi connectivity index (χ1) is 10.2. The number of rotatable bonds is 6. The van der Waals surface area contributed by atoms with Crippen LogP contribution in [0, 0.1) is 5.41 Å². The Morgan fingerprint density at radius 1 is 1.32 bits per heavy atom. The standard InChI is InChI=1S/C16H23ClN2O3/c1-6-10(2)18-14(20)16(3,4)15(21)19-11-7-8-13(22-5)12(17)9-11/h7-10H,6H2,1-5H3,(H,18,20)(H,19,21). The molecule has 0 saturated carbocycles. The molecule has 0 aliphatic rings. The van der Waals surface area contributed by atoms with Gasteiger partial charge in [-0.25, -0.2) is 0 Å². The Labute approximate surface area is 136 Å². The van der Waals surface area contributed by atoms with Crippen LogP contribution in [-0.4, -0.2) is 25.0 Å². The Kier molecular flexibility index (Phi) is 6.23. The van der Waals surface area contributed by atoms with E-state index in [1.165, 1.54) is 7.11 Å². The Morgan fingerprint density at radius 3 is 2.45 bits per heavy atom. The van der Waals surface area contributed by atoms with E-state index in [9.17, 15) is 9.59 Å². The number of anilines is 1. The van der Waals surface area contributed by atoms with E-state index in [0.717, 1.165) is 6.42 Å². The molecule has 0 radical (unpaired) electrons. The van der Waals surface area contributed by atoms with E-state index in [1.54, 1.807) is 32.0 Å². The van der Waals surface area contributed by atoms with Crippen molar-refractivity contribution < 1.29 is 14.3 Å².